The van der Waals surface area contributed by atoms with Crippen LogP contribution in [0.1, 0.15) is 16.7 Å². The molecule has 0 N–H and O–H groups in total. The van der Waals surface area contributed by atoms with E-state index in [2.05, 4.69) is 36.1 Å². The Bertz CT molecular complexity index is 919. The van der Waals surface area contributed by atoms with E-state index in [-0.39, 0.29) is 0 Å². The van der Waals surface area contributed by atoms with E-state index in [1.165, 1.54) is 6.07 Å². The zero-order valence-electron chi connectivity index (χ0n) is 13.7. The van der Waals surface area contributed by atoms with Gasteiger partial charge in [-0.3, -0.25) is 0 Å². The highest BCUT2D eigenvalue weighted by atomic mass is 35.5. The third-order valence-corrected chi connectivity index (χ3v) is 3.99. The van der Waals surface area contributed by atoms with E-state index >= 15 is 0 Å². The summed E-state index contributed by atoms with van der Waals surface area (Å²) >= 11 is 5.74. The topological polar surface area (TPSA) is 9.23 Å². The summed E-state index contributed by atoms with van der Waals surface area (Å²) in [6, 6.07) is 20.6. The predicted molar refractivity (Wildman–Crippen MR) is 100.0 cm³/mol. The molecule has 0 aromatic heterocycles. The molecule has 0 aliphatic heterocycles. The van der Waals surface area contributed by atoms with Gasteiger partial charge in [-0.05, 0) is 47.0 Å². The van der Waals surface area contributed by atoms with Gasteiger partial charge in [-0.1, -0.05) is 59.8 Å². The van der Waals surface area contributed by atoms with Crippen molar-refractivity contribution in [3.05, 3.63) is 94.3 Å². The lowest BCUT2D eigenvalue weighted by Gasteiger charge is -2.04. The smallest absolute Gasteiger partial charge is 0.140 e. The Morgan fingerprint density at radius 3 is 2.12 bits per heavy atom. The van der Waals surface area contributed by atoms with Crippen LogP contribution in [0.3, 0.4) is 0 Å². The second-order valence-electron chi connectivity index (χ2n) is 5.58. The number of halogens is 2. The van der Waals surface area contributed by atoms with Crippen molar-refractivity contribution in [3.8, 4) is 23.0 Å². The van der Waals surface area contributed by atoms with Crippen molar-refractivity contribution in [1.82, 2.24) is 0 Å². The molecule has 0 saturated carbocycles. The molecule has 0 amide bonds. The molecule has 0 aliphatic rings. The number of methoxy groups -OCH3 is 1. The van der Waals surface area contributed by atoms with E-state index in [0.717, 1.165) is 22.3 Å². The van der Waals surface area contributed by atoms with Crippen LogP contribution in [0.5, 0.6) is 0 Å². The Hall–Kier alpha value is -2.60. The second kappa shape index (κ2) is 7.98. The number of ether oxygens (including phenoxy) is 1. The fraction of sp³-hybridized carbons (Fsp3) is 0.0909. The Labute approximate surface area is 152 Å². The molecule has 0 bridgehead atoms. The van der Waals surface area contributed by atoms with E-state index in [9.17, 15) is 4.39 Å². The summed E-state index contributed by atoms with van der Waals surface area (Å²) in [6.45, 7) is 0.607. The molecule has 3 aromatic carbocycles. The Morgan fingerprint density at radius 1 is 0.880 bits per heavy atom. The first-order chi connectivity index (χ1) is 12.2. The molecule has 3 heteroatoms. The number of hydrogen-bond acceptors (Lipinski definition) is 1. The molecule has 25 heavy (non-hydrogen) atoms. The molecule has 124 valence electrons. The number of rotatable bonds is 3. The Morgan fingerprint density at radius 2 is 1.52 bits per heavy atom. The normalized spacial score (nSPS) is 10.2. The third-order valence-electron chi connectivity index (χ3n) is 3.76. The number of hydrogen-bond donors (Lipinski definition) is 0. The predicted octanol–water partition coefficient (Wildman–Crippen LogP) is 5.69. The van der Waals surface area contributed by atoms with Crippen LogP contribution in [-0.4, -0.2) is 7.11 Å². The van der Waals surface area contributed by atoms with Gasteiger partial charge in [-0.25, -0.2) is 4.39 Å². The van der Waals surface area contributed by atoms with E-state index in [1.807, 2.05) is 24.3 Å². The van der Waals surface area contributed by atoms with Gasteiger partial charge in [0.15, 0.2) is 0 Å². The van der Waals surface area contributed by atoms with Crippen LogP contribution in [0.2, 0.25) is 5.02 Å². The summed E-state index contributed by atoms with van der Waals surface area (Å²) in [4.78, 5) is 0. The van der Waals surface area contributed by atoms with Gasteiger partial charge >= 0.3 is 0 Å². The highest BCUT2D eigenvalue weighted by molar-refractivity contribution is 6.30. The van der Waals surface area contributed by atoms with Crippen molar-refractivity contribution in [2.75, 3.05) is 7.11 Å². The minimum atomic E-state index is -0.409. The molecule has 0 aliphatic carbocycles. The molecule has 0 unspecified atom stereocenters. The molecular weight excluding hydrogens is 335 g/mol. The molecule has 0 spiro atoms. The number of benzene rings is 3. The molecule has 0 atom stereocenters. The fourth-order valence-corrected chi connectivity index (χ4v) is 2.60. The quantitative estimate of drug-likeness (QED) is 0.551. The van der Waals surface area contributed by atoms with Crippen LogP contribution >= 0.6 is 11.6 Å². The van der Waals surface area contributed by atoms with Gasteiger partial charge in [0.25, 0.3) is 0 Å². The standard InChI is InChI=1S/C22H16ClFO/c1-25-15-17-5-9-19(10-6-17)18-7-2-16(3-8-18)4-11-20-12-13-21(23)14-22(20)24/h2-3,5-10,12-14H,15H2,1H3. The maximum Gasteiger partial charge on any atom is 0.140 e. The molecular formula is C22H16ClFO. The first-order valence-electron chi connectivity index (χ1n) is 7.81. The molecule has 0 fully saturated rings. The van der Waals surface area contributed by atoms with Crippen molar-refractivity contribution in [1.29, 1.82) is 0 Å². The minimum absolute atomic E-state index is 0.335. The van der Waals surface area contributed by atoms with Crippen LogP contribution in [0.25, 0.3) is 11.1 Å². The Balaban J connectivity index is 1.77. The molecule has 3 rings (SSSR count). The minimum Gasteiger partial charge on any atom is -0.380 e. The monoisotopic (exact) mass is 350 g/mol. The molecule has 0 radical (unpaired) electrons. The first-order valence-corrected chi connectivity index (χ1v) is 8.19. The van der Waals surface area contributed by atoms with E-state index in [1.54, 1.807) is 19.2 Å². The third kappa shape index (κ3) is 4.48. The van der Waals surface area contributed by atoms with E-state index in [4.69, 9.17) is 16.3 Å². The highest BCUT2D eigenvalue weighted by Crippen LogP contribution is 2.20. The van der Waals surface area contributed by atoms with Gasteiger partial charge in [-0.15, -0.1) is 0 Å². The molecule has 3 aromatic rings. The average molecular weight is 351 g/mol. The zero-order valence-corrected chi connectivity index (χ0v) is 14.5. The maximum absolute atomic E-state index is 13.7. The summed E-state index contributed by atoms with van der Waals surface area (Å²) in [6.07, 6.45) is 0. The van der Waals surface area contributed by atoms with Crippen molar-refractivity contribution in [2.45, 2.75) is 6.61 Å². The van der Waals surface area contributed by atoms with Gasteiger partial charge < -0.3 is 4.74 Å². The van der Waals surface area contributed by atoms with Crippen LogP contribution in [0.4, 0.5) is 4.39 Å². The maximum atomic E-state index is 13.7. The van der Waals surface area contributed by atoms with Crippen LogP contribution < -0.4 is 0 Å². The van der Waals surface area contributed by atoms with Crippen LogP contribution in [0.15, 0.2) is 66.7 Å². The van der Waals surface area contributed by atoms with Crippen LogP contribution in [-0.2, 0) is 11.3 Å². The largest absolute Gasteiger partial charge is 0.380 e. The highest BCUT2D eigenvalue weighted by Gasteiger charge is 2.00. The summed E-state index contributed by atoms with van der Waals surface area (Å²) in [5.74, 6) is 5.41. The van der Waals surface area contributed by atoms with Gasteiger partial charge in [0.2, 0.25) is 0 Å². The second-order valence-corrected chi connectivity index (χ2v) is 6.02. The van der Waals surface area contributed by atoms with Gasteiger partial charge in [0.1, 0.15) is 5.82 Å². The first kappa shape index (κ1) is 17.2. The van der Waals surface area contributed by atoms with Gasteiger partial charge in [-0.2, -0.15) is 0 Å². The van der Waals surface area contributed by atoms with Gasteiger partial charge in [0.05, 0.1) is 12.2 Å². The average Bonchev–Trinajstić information content (AvgIpc) is 2.62. The summed E-state index contributed by atoms with van der Waals surface area (Å²) in [5.41, 5.74) is 4.53. The molecule has 1 nitrogen and oxygen atoms in total. The lowest BCUT2D eigenvalue weighted by Crippen LogP contribution is -1.87. The summed E-state index contributed by atoms with van der Waals surface area (Å²) in [7, 11) is 1.68. The van der Waals surface area contributed by atoms with Crippen molar-refractivity contribution >= 4 is 11.6 Å². The van der Waals surface area contributed by atoms with E-state index < -0.39 is 5.82 Å². The van der Waals surface area contributed by atoms with Crippen molar-refractivity contribution in [3.63, 3.8) is 0 Å². The molecule has 0 saturated heterocycles. The fourth-order valence-electron chi connectivity index (χ4n) is 2.44. The molecule has 0 heterocycles. The lowest BCUT2D eigenvalue weighted by atomic mass is 10.0. The summed E-state index contributed by atoms with van der Waals surface area (Å²) in [5, 5.41) is 0.365. The zero-order chi connectivity index (χ0) is 17.6. The van der Waals surface area contributed by atoms with Crippen molar-refractivity contribution in [2.24, 2.45) is 0 Å². The SMILES string of the molecule is COCc1ccc(-c2ccc(C#Cc3ccc(Cl)cc3F)cc2)cc1. The van der Waals surface area contributed by atoms with Gasteiger partial charge in [0, 0.05) is 17.7 Å². The van der Waals surface area contributed by atoms with Crippen molar-refractivity contribution < 1.29 is 9.13 Å². The van der Waals surface area contributed by atoms with Crippen LogP contribution in [0, 0.1) is 17.7 Å². The lowest BCUT2D eigenvalue weighted by molar-refractivity contribution is 0.185. The summed E-state index contributed by atoms with van der Waals surface area (Å²) < 4.78 is 18.8. The van der Waals surface area contributed by atoms with E-state index in [0.29, 0.717) is 17.2 Å². The Kier molecular flexibility index (Phi) is 5.50.